The van der Waals surface area contributed by atoms with E-state index >= 15 is 0 Å². The lowest BCUT2D eigenvalue weighted by molar-refractivity contribution is -0.152. The van der Waals surface area contributed by atoms with Crippen LogP contribution in [0.1, 0.15) is 25.8 Å². The fourth-order valence-corrected chi connectivity index (χ4v) is 1.98. The number of alkyl carbamates (subject to hydrolysis) is 1. The number of benzene rings is 1. The van der Waals surface area contributed by atoms with E-state index in [9.17, 15) is 14.7 Å². The van der Waals surface area contributed by atoms with Gasteiger partial charge in [-0.3, -0.25) is 0 Å². The number of hydrogen-bond donors (Lipinski definition) is 2. The predicted octanol–water partition coefficient (Wildman–Crippen LogP) is 1.86. The summed E-state index contributed by atoms with van der Waals surface area (Å²) in [7, 11) is 1.19. The molecule has 0 radical (unpaired) electrons. The number of nitrogens with one attached hydrogen (secondary N) is 1. The SMILES string of the molecule is COC(=O)[C@H](O)[C@@H](CC(C)C)NC(=O)OCc1ccccc1. The first kappa shape index (κ1) is 18.0. The molecule has 0 spiro atoms. The summed E-state index contributed by atoms with van der Waals surface area (Å²) < 4.78 is 9.59. The van der Waals surface area contributed by atoms with E-state index < -0.39 is 24.2 Å². The Hall–Kier alpha value is -2.08. The summed E-state index contributed by atoms with van der Waals surface area (Å²) in [5, 5.41) is 12.4. The van der Waals surface area contributed by atoms with E-state index in [1.165, 1.54) is 7.11 Å². The molecule has 0 aliphatic heterocycles. The molecule has 0 aliphatic carbocycles. The Morgan fingerprint density at radius 3 is 2.41 bits per heavy atom. The molecule has 122 valence electrons. The highest BCUT2D eigenvalue weighted by atomic mass is 16.6. The van der Waals surface area contributed by atoms with Crippen LogP contribution in [0, 0.1) is 5.92 Å². The number of amides is 1. The Morgan fingerprint density at radius 1 is 1.23 bits per heavy atom. The Morgan fingerprint density at radius 2 is 1.86 bits per heavy atom. The van der Waals surface area contributed by atoms with Gasteiger partial charge in [0.05, 0.1) is 13.2 Å². The standard InChI is InChI=1S/C16H23NO5/c1-11(2)9-13(14(18)15(19)21-3)17-16(20)22-10-12-7-5-4-6-8-12/h4-8,11,13-14,18H,9-10H2,1-3H3,(H,17,20)/t13-,14-/m1/s1. The second-order valence-corrected chi connectivity index (χ2v) is 5.41. The second-order valence-electron chi connectivity index (χ2n) is 5.41. The zero-order valence-corrected chi connectivity index (χ0v) is 13.1. The molecule has 6 heteroatoms. The number of hydrogen-bond acceptors (Lipinski definition) is 5. The molecule has 2 atom stereocenters. The molecular formula is C16H23NO5. The lowest BCUT2D eigenvalue weighted by Crippen LogP contribution is -2.48. The minimum atomic E-state index is -1.42. The minimum absolute atomic E-state index is 0.120. The van der Waals surface area contributed by atoms with Crippen molar-refractivity contribution in [3.8, 4) is 0 Å². The maximum Gasteiger partial charge on any atom is 0.407 e. The van der Waals surface area contributed by atoms with Gasteiger partial charge in [-0.25, -0.2) is 9.59 Å². The number of ether oxygens (including phenoxy) is 2. The van der Waals surface area contributed by atoms with Crippen molar-refractivity contribution in [2.24, 2.45) is 5.92 Å². The molecule has 1 amide bonds. The zero-order valence-electron chi connectivity index (χ0n) is 13.1. The van der Waals surface area contributed by atoms with Crippen LogP contribution in [0.4, 0.5) is 4.79 Å². The van der Waals surface area contributed by atoms with Crippen LogP contribution in [-0.4, -0.2) is 36.4 Å². The zero-order chi connectivity index (χ0) is 16.5. The number of methoxy groups -OCH3 is 1. The fourth-order valence-electron chi connectivity index (χ4n) is 1.98. The topological polar surface area (TPSA) is 84.9 Å². The molecule has 0 saturated carbocycles. The molecule has 0 heterocycles. The van der Waals surface area contributed by atoms with Gasteiger partial charge in [-0.1, -0.05) is 44.2 Å². The number of aliphatic hydroxyl groups is 1. The van der Waals surface area contributed by atoms with Crippen LogP contribution >= 0.6 is 0 Å². The Kier molecular flexibility index (Phi) is 7.39. The first-order valence-corrected chi connectivity index (χ1v) is 7.17. The summed E-state index contributed by atoms with van der Waals surface area (Å²) in [6, 6.07) is 8.48. The van der Waals surface area contributed by atoms with Crippen LogP contribution in [0.3, 0.4) is 0 Å². The van der Waals surface area contributed by atoms with Crippen molar-refractivity contribution in [1.82, 2.24) is 5.32 Å². The molecule has 22 heavy (non-hydrogen) atoms. The number of aliphatic hydroxyl groups excluding tert-OH is 1. The molecular weight excluding hydrogens is 286 g/mol. The molecule has 1 aromatic carbocycles. The molecule has 0 bridgehead atoms. The van der Waals surface area contributed by atoms with Crippen molar-refractivity contribution in [2.75, 3.05) is 7.11 Å². The third-order valence-electron chi connectivity index (χ3n) is 3.07. The van der Waals surface area contributed by atoms with E-state index in [4.69, 9.17) is 4.74 Å². The third kappa shape index (κ3) is 6.13. The highest BCUT2D eigenvalue weighted by molar-refractivity contribution is 5.76. The summed E-state index contributed by atoms with van der Waals surface area (Å²) in [6.45, 7) is 3.97. The summed E-state index contributed by atoms with van der Waals surface area (Å²) in [4.78, 5) is 23.3. The van der Waals surface area contributed by atoms with Crippen LogP contribution in [0.5, 0.6) is 0 Å². The molecule has 6 nitrogen and oxygen atoms in total. The maximum absolute atomic E-state index is 11.8. The first-order valence-electron chi connectivity index (χ1n) is 7.17. The van der Waals surface area contributed by atoms with Crippen molar-refractivity contribution in [1.29, 1.82) is 0 Å². The highest BCUT2D eigenvalue weighted by Gasteiger charge is 2.29. The van der Waals surface area contributed by atoms with E-state index in [-0.39, 0.29) is 12.5 Å². The van der Waals surface area contributed by atoms with Gasteiger partial charge in [0.2, 0.25) is 0 Å². The summed E-state index contributed by atoms with van der Waals surface area (Å²) in [5.74, 6) is -0.604. The van der Waals surface area contributed by atoms with E-state index in [0.717, 1.165) is 5.56 Å². The molecule has 0 aliphatic rings. The Labute approximate surface area is 130 Å². The quantitative estimate of drug-likeness (QED) is 0.751. The van der Waals surface area contributed by atoms with Crippen LogP contribution in [-0.2, 0) is 20.9 Å². The Bertz CT molecular complexity index is 475. The largest absolute Gasteiger partial charge is 0.467 e. The lowest BCUT2D eigenvalue weighted by atomic mass is 9.99. The summed E-state index contributed by atoms with van der Waals surface area (Å²) in [6.07, 6.45) is -1.68. The van der Waals surface area contributed by atoms with Gasteiger partial charge in [-0.05, 0) is 17.9 Å². The average molecular weight is 309 g/mol. The van der Waals surface area contributed by atoms with Crippen molar-refractivity contribution < 1.29 is 24.2 Å². The normalized spacial score (nSPS) is 13.3. The van der Waals surface area contributed by atoms with Crippen molar-refractivity contribution in [2.45, 2.75) is 39.0 Å². The monoisotopic (exact) mass is 309 g/mol. The Balaban J connectivity index is 2.56. The molecule has 0 aromatic heterocycles. The minimum Gasteiger partial charge on any atom is -0.467 e. The smallest absolute Gasteiger partial charge is 0.407 e. The first-order chi connectivity index (χ1) is 10.4. The van der Waals surface area contributed by atoms with Crippen molar-refractivity contribution >= 4 is 12.1 Å². The average Bonchev–Trinajstić information content (AvgIpc) is 2.51. The van der Waals surface area contributed by atoms with Gasteiger partial charge in [0, 0.05) is 0 Å². The summed E-state index contributed by atoms with van der Waals surface area (Å²) in [5.41, 5.74) is 0.853. The van der Waals surface area contributed by atoms with Crippen LogP contribution in [0.15, 0.2) is 30.3 Å². The van der Waals surface area contributed by atoms with Crippen molar-refractivity contribution in [3.05, 3.63) is 35.9 Å². The second kappa shape index (κ2) is 9.04. The van der Waals surface area contributed by atoms with Gasteiger partial charge in [-0.15, -0.1) is 0 Å². The third-order valence-corrected chi connectivity index (χ3v) is 3.07. The number of esters is 1. The highest BCUT2D eigenvalue weighted by Crippen LogP contribution is 2.10. The molecule has 1 rings (SSSR count). The fraction of sp³-hybridized carbons (Fsp3) is 0.500. The number of rotatable bonds is 7. The van der Waals surface area contributed by atoms with Gasteiger partial charge in [0.15, 0.2) is 6.10 Å². The van der Waals surface area contributed by atoms with Gasteiger partial charge in [0.1, 0.15) is 6.61 Å². The van der Waals surface area contributed by atoms with E-state index in [0.29, 0.717) is 6.42 Å². The van der Waals surface area contributed by atoms with Crippen LogP contribution in [0.25, 0.3) is 0 Å². The van der Waals surface area contributed by atoms with Crippen molar-refractivity contribution in [3.63, 3.8) is 0 Å². The molecule has 0 saturated heterocycles. The molecule has 0 unspecified atom stereocenters. The van der Waals surface area contributed by atoms with Gasteiger partial charge < -0.3 is 19.9 Å². The van der Waals surface area contributed by atoms with Crippen LogP contribution in [0.2, 0.25) is 0 Å². The lowest BCUT2D eigenvalue weighted by Gasteiger charge is -2.23. The van der Waals surface area contributed by atoms with Crippen LogP contribution < -0.4 is 5.32 Å². The van der Waals surface area contributed by atoms with E-state index in [1.807, 2.05) is 44.2 Å². The van der Waals surface area contributed by atoms with Gasteiger partial charge >= 0.3 is 12.1 Å². The molecule has 2 N–H and O–H groups in total. The number of carbonyl (C=O) groups excluding carboxylic acids is 2. The molecule has 1 aromatic rings. The maximum atomic E-state index is 11.8. The summed E-state index contributed by atoms with van der Waals surface area (Å²) >= 11 is 0. The van der Waals surface area contributed by atoms with E-state index in [1.54, 1.807) is 0 Å². The van der Waals surface area contributed by atoms with Gasteiger partial charge in [-0.2, -0.15) is 0 Å². The van der Waals surface area contributed by atoms with E-state index in [2.05, 4.69) is 10.1 Å². The number of carbonyl (C=O) groups is 2. The molecule has 0 fully saturated rings. The predicted molar refractivity (Wildman–Crippen MR) is 81.0 cm³/mol. The van der Waals surface area contributed by atoms with Gasteiger partial charge in [0.25, 0.3) is 0 Å².